The van der Waals surface area contributed by atoms with Crippen LogP contribution in [-0.2, 0) is 17.8 Å². The molecule has 0 radical (unpaired) electrons. The molecular weight excluding hydrogens is 412 g/mol. The minimum Gasteiger partial charge on any atom is -0.373 e. The molecule has 6 nitrogen and oxygen atoms in total. The topological polar surface area (TPSA) is 59.4 Å². The van der Waals surface area contributed by atoms with Crippen molar-refractivity contribution < 1.29 is 9.53 Å². The molecule has 2 unspecified atom stereocenters. The molecule has 3 aromatic rings. The average Bonchev–Trinajstić information content (AvgIpc) is 3.23. The van der Waals surface area contributed by atoms with Crippen molar-refractivity contribution in [2.24, 2.45) is 0 Å². The fourth-order valence-electron chi connectivity index (χ4n) is 3.89. The van der Waals surface area contributed by atoms with Crippen LogP contribution in [0.4, 0.5) is 0 Å². The van der Waals surface area contributed by atoms with E-state index in [1.807, 2.05) is 12.1 Å². The Balaban J connectivity index is 1.30. The quantitative estimate of drug-likeness (QED) is 0.630. The third kappa shape index (κ3) is 5.73. The number of carbonyl (C=O) groups excluding carboxylic acids is 1. The largest absolute Gasteiger partial charge is 0.373 e. The lowest BCUT2D eigenvalue weighted by Gasteiger charge is -2.35. The number of rotatable bonds is 6. The predicted octanol–water partition coefficient (Wildman–Crippen LogP) is 4.06. The molecule has 1 aliphatic heterocycles. The molecule has 31 heavy (non-hydrogen) atoms. The predicted molar refractivity (Wildman–Crippen MR) is 121 cm³/mol. The van der Waals surface area contributed by atoms with Gasteiger partial charge in [0.25, 0.3) is 5.91 Å². The minimum atomic E-state index is -0.152. The summed E-state index contributed by atoms with van der Waals surface area (Å²) in [5, 5.41) is 7.89. The van der Waals surface area contributed by atoms with Crippen molar-refractivity contribution in [2.45, 2.75) is 39.1 Å². The number of aromatic nitrogens is 2. The zero-order chi connectivity index (χ0) is 21.8. The third-order valence-corrected chi connectivity index (χ3v) is 5.57. The Morgan fingerprint density at radius 1 is 1.06 bits per heavy atom. The van der Waals surface area contributed by atoms with Gasteiger partial charge in [-0.1, -0.05) is 35.9 Å². The molecule has 1 aliphatic rings. The summed E-state index contributed by atoms with van der Waals surface area (Å²) in [5.74, 6) is -0.152. The van der Waals surface area contributed by atoms with Crippen LogP contribution in [0.1, 0.15) is 35.3 Å². The zero-order valence-corrected chi connectivity index (χ0v) is 18.5. The molecule has 162 valence electrons. The van der Waals surface area contributed by atoms with Gasteiger partial charge in [-0.05, 0) is 49.2 Å². The molecule has 0 spiro atoms. The number of nitrogens with one attached hydrogen (secondary N) is 1. The maximum atomic E-state index is 12.5. The van der Waals surface area contributed by atoms with Gasteiger partial charge < -0.3 is 10.1 Å². The number of benzene rings is 2. The first kappa shape index (κ1) is 21.6. The molecule has 4 rings (SSSR count). The Bertz CT molecular complexity index is 1010. The molecule has 2 atom stereocenters. The number of carbonyl (C=O) groups is 1. The van der Waals surface area contributed by atoms with Gasteiger partial charge in [0, 0.05) is 37.4 Å². The van der Waals surface area contributed by atoms with Gasteiger partial charge in [-0.3, -0.25) is 9.69 Å². The summed E-state index contributed by atoms with van der Waals surface area (Å²) in [7, 11) is 0. The van der Waals surface area contributed by atoms with E-state index < -0.39 is 0 Å². The van der Waals surface area contributed by atoms with E-state index in [0.29, 0.717) is 17.1 Å². The Morgan fingerprint density at radius 3 is 2.39 bits per heavy atom. The molecule has 0 saturated carbocycles. The second-order valence-electron chi connectivity index (χ2n) is 8.10. The number of hydrogen-bond donors (Lipinski definition) is 1. The lowest BCUT2D eigenvalue weighted by atomic mass is 10.1. The Morgan fingerprint density at radius 2 is 1.71 bits per heavy atom. The highest BCUT2D eigenvalue weighted by atomic mass is 35.5. The average molecular weight is 439 g/mol. The van der Waals surface area contributed by atoms with E-state index >= 15 is 0 Å². The second kappa shape index (κ2) is 9.64. The number of hydrogen-bond acceptors (Lipinski definition) is 4. The highest BCUT2D eigenvalue weighted by Gasteiger charge is 2.21. The van der Waals surface area contributed by atoms with Gasteiger partial charge >= 0.3 is 0 Å². The van der Waals surface area contributed by atoms with Crippen molar-refractivity contribution in [1.82, 2.24) is 20.0 Å². The molecule has 1 amide bonds. The van der Waals surface area contributed by atoms with E-state index in [4.69, 9.17) is 16.3 Å². The minimum absolute atomic E-state index is 0.152. The summed E-state index contributed by atoms with van der Waals surface area (Å²) in [4.78, 5) is 14.9. The van der Waals surface area contributed by atoms with Crippen LogP contribution >= 0.6 is 11.6 Å². The molecule has 0 bridgehead atoms. The monoisotopic (exact) mass is 438 g/mol. The van der Waals surface area contributed by atoms with Gasteiger partial charge in [-0.2, -0.15) is 5.10 Å². The molecule has 1 N–H and O–H groups in total. The molecule has 1 fully saturated rings. The Kier molecular flexibility index (Phi) is 6.70. The van der Waals surface area contributed by atoms with Gasteiger partial charge in [0.05, 0.1) is 29.7 Å². The van der Waals surface area contributed by atoms with Crippen LogP contribution in [-0.4, -0.2) is 45.9 Å². The molecular formula is C24H27ClN4O2. The fourth-order valence-corrected chi connectivity index (χ4v) is 4.02. The molecule has 0 aliphatic carbocycles. The van der Waals surface area contributed by atoms with Crippen LogP contribution in [0.15, 0.2) is 60.9 Å². The van der Waals surface area contributed by atoms with E-state index in [9.17, 15) is 4.79 Å². The number of ether oxygens (including phenoxy) is 1. The fraction of sp³-hybridized carbons (Fsp3) is 0.333. The van der Waals surface area contributed by atoms with Crippen LogP contribution in [0.3, 0.4) is 0 Å². The van der Waals surface area contributed by atoms with Crippen LogP contribution in [0.25, 0.3) is 5.69 Å². The lowest BCUT2D eigenvalue weighted by molar-refractivity contribution is -0.0704. The molecule has 7 heteroatoms. The van der Waals surface area contributed by atoms with Gasteiger partial charge in [0.1, 0.15) is 0 Å². The van der Waals surface area contributed by atoms with Crippen molar-refractivity contribution in [3.05, 3.63) is 82.6 Å². The maximum absolute atomic E-state index is 12.5. The molecule has 1 saturated heterocycles. The lowest BCUT2D eigenvalue weighted by Crippen LogP contribution is -2.44. The molecule has 2 heterocycles. The summed E-state index contributed by atoms with van der Waals surface area (Å²) in [5.41, 5.74) is 3.69. The van der Waals surface area contributed by atoms with Gasteiger partial charge in [-0.15, -0.1) is 0 Å². The first-order valence-electron chi connectivity index (χ1n) is 10.5. The van der Waals surface area contributed by atoms with E-state index in [-0.39, 0.29) is 18.1 Å². The zero-order valence-electron chi connectivity index (χ0n) is 17.8. The standard InChI is InChI=1S/C24H27ClN4O2/c1-17-13-28(14-18(2)31-17)15-20-5-3-19(4-6-20)11-26-24(30)21-12-27-29(16-21)23-9-7-22(25)8-10-23/h3-10,12,16-18H,11,13-15H2,1-2H3,(H,26,30). The molecule has 1 aromatic heterocycles. The summed E-state index contributed by atoms with van der Waals surface area (Å²) in [6.07, 6.45) is 3.81. The summed E-state index contributed by atoms with van der Waals surface area (Å²) in [6, 6.07) is 15.7. The SMILES string of the molecule is CC1CN(Cc2ccc(CNC(=O)c3cnn(-c4ccc(Cl)cc4)c3)cc2)CC(C)O1. The van der Waals surface area contributed by atoms with Gasteiger partial charge in [0.15, 0.2) is 0 Å². The Hall–Kier alpha value is -2.67. The van der Waals surface area contributed by atoms with E-state index in [2.05, 4.69) is 53.4 Å². The van der Waals surface area contributed by atoms with Crippen LogP contribution in [0.5, 0.6) is 0 Å². The van der Waals surface area contributed by atoms with Crippen molar-refractivity contribution in [1.29, 1.82) is 0 Å². The number of nitrogens with zero attached hydrogens (tertiary/aromatic N) is 3. The van der Waals surface area contributed by atoms with E-state index in [0.717, 1.165) is 30.9 Å². The first-order valence-corrected chi connectivity index (χ1v) is 10.9. The molecule has 2 aromatic carbocycles. The highest BCUT2D eigenvalue weighted by Crippen LogP contribution is 2.16. The second-order valence-corrected chi connectivity index (χ2v) is 8.54. The van der Waals surface area contributed by atoms with E-state index in [1.54, 1.807) is 29.2 Å². The maximum Gasteiger partial charge on any atom is 0.254 e. The third-order valence-electron chi connectivity index (χ3n) is 5.31. The normalized spacial score (nSPS) is 19.3. The number of morpholine rings is 1. The first-order chi connectivity index (χ1) is 15.0. The number of halogens is 1. The van der Waals surface area contributed by atoms with Gasteiger partial charge in [-0.25, -0.2) is 4.68 Å². The highest BCUT2D eigenvalue weighted by molar-refractivity contribution is 6.30. The van der Waals surface area contributed by atoms with E-state index in [1.165, 1.54) is 5.56 Å². The van der Waals surface area contributed by atoms with Gasteiger partial charge in [0.2, 0.25) is 0 Å². The van der Waals surface area contributed by atoms with Crippen LogP contribution in [0.2, 0.25) is 5.02 Å². The Labute approximate surface area is 187 Å². The van der Waals surface area contributed by atoms with Crippen molar-refractivity contribution in [3.63, 3.8) is 0 Å². The summed E-state index contributed by atoms with van der Waals surface area (Å²) < 4.78 is 7.46. The summed E-state index contributed by atoms with van der Waals surface area (Å²) in [6.45, 7) is 7.52. The smallest absolute Gasteiger partial charge is 0.254 e. The van der Waals surface area contributed by atoms with Crippen molar-refractivity contribution in [3.8, 4) is 5.69 Å². The number of amides is 1. The van der Waals surface area contributed by atoms with Crippen molar-refractivity contribution in [2.75, 3.05) is 13.1 Å². The van der Waals surface area contributed by atoms with Crippen molar-refractivity contribution >= 4 is 17.5 Å². The summed E-state index contributed by atoms with van der Waals surface area (Å²) >= 11 is 5.92. The van der Waals surface area contributed by atoms with Crippen LogP contribution < -0.4 is 5.32 Å². The van der Waals surface area contributed by atoms with Crippen LogP contribution in [0, 0.1) is 0 Å².